The standard InChI is InChI=1S/C20H21N5O/c26-20(22-11-15-4-2-1-3-5-15)24-17-7-6-16-8-9-25(19(16)10-17)13-18-12-21-14-23-18/h1-7,10,12,14H,8-9,11,13H2,(H,21,23)(H2,22,24,26). The molecule has 1 aliphatic rings. The third-order valence-corrected chi connectivity index (χ3v) is 4.54. The van der Waals surface area contributed by atoms with E-state index in [1.807, 2.05) is 48.7 Å². The minimum atomic E-state index is -0.203. The first-order valence-electron chi connectivity index (χ1n) is 8.72. The van der Waals surface area contributed by atoms with Crippen molar-refractivity contribution in [2.75, 3.05) is 16.8 Å². The van der Waals surface area contributed by atoms with Crippen molar-refractivity contribution in [1.82, 2.24) is 15.3 Å². The van der Waals surface area contributed by atoms with Crippen LogP contribution in [0, 0.1) is 0 Å². The lowest BCUT2D eigenvalue weighted by molar-refractivity contribution is 0.251. The fourth-order valence-corrected chi connectivity index (χ4v) is 3.21. The zero-order valence-electron chi connectivity index (χ0n) is 14.4. The predicted octanol–water partition coefficient (Wildman–Crippen LogP) is 3.29. The van der Waals surface area contributed by atoms with Crippen LogP contribution >= 0.6 is 0 Å². The lowest BCUT2D eigenvalue weighted by Crippen LogP contribution is -2.28. The zero-order chi connectivity index (χ0) is 17.8. The van der Waals surface area contributed by atoms with E-state index < -0.39 is 0 Å². The molecule has 6 heteroatoms. The maximum atomic E-state index is 12.2. The summed E-state index contributed by atoms with van der Waals surface area (Å²) < 4.78 is 0. The van der Waals surface area contributed by atoms with Gasteiger partial charge in [0.1, 0.15) is 0 Å². The summed E-state index contributed by atoms with van der Waals surface area (Å²) in [5, 5.41) is 5.81. The molecule has 3 N–H and O–H groups in total. The number of aromatic nitrogens is 2. The van der Waals surface area contributed by atoms with E-state index in [1.165, 1.54) is 5.56 Å². The Morgan fingerprint density at radius 2 is 2.08 bits per heavy atom. The minimum Gasteiger partial charge on any atom is -0.365 e. The lowest BCUT2D eigenvalue weighted by atomic mass is 10.1. The molecule has 0 saturated carbocycles. The number of hydrogen-bond acceptors (Lipinski definition) is 3. The van der Waals surface area contributed by atoms with Gasteiger partial charge in [-0.15, -0.1) is 0 Å². The number of fused-ring (bicyclic) bond motifs is 1. The number of nitrogens with one attached hydrogen (secondary N) is 3. The number of aromatic amines is 1. The molecule has 6 nitrogen and oxygen atoms in total. The number of nitrogens with zero attached hydrogens (tertiary/aromatic N) is 2. The maximum Gasteiger partial charge on any atom is 0.319 e. The van der Waals surface area contributed by atoms with Crippen LogP contribution in [0.5, 0.6) is 0 Å². The minimum absolute atomic E-state index is 0.203. The Morgan fingerprint density at radius 1 is 1.19 bits per heavy atom. The molecule has 0 atom stereocenters. The summed E-state index contributed by atoms with van der Waals surface area (Å²) in [6.45, 7) is 2.23. The Labute approximate surface area is 152 Å². The molecule has 2 aromatic carbocycles. The van der Waals surface area contributed by atoms with Gasteiger partial charge in [-0.1, -0.05) is 36.4 Å². The first-order valence-corrected chi connectivity index (χ1v) is 8.72. The number of carbonyl (C=O) groups excluding carboxylic acids is 1. The van der Waals surface area contributed by atoms with Gasteiger partial charge in [-0.25, -0.2) is 9.78 Å². The van der Waals surface area contributed by atoms with Crippen molar-refractivity contribution in [2.45, 2.75) is 19.5 Å². The van der Waals surface area contributed by atoms with Crippen LogP contribution in [0.25, 0.3) is 0 Å². The SMILES string of the molecule is O=C(NCc1ccccc1)Nc1ccc2c(c1)N(Cc1c[nH]cn1)CC2. The lowest BCUT2D eigenvalue weighted by Gasteiger charge is -2.19. The topological polar surface area (TPSA) is 73.1 Å². The van der Waals surface area contributed by atoms with Crippen LogP contribution in [-0.4, -0.2) is 22.5 Å². The van der Waals surface area contributed by atoms with Gasteiger partial charge in [0.15, 0.2) is 0 Å². The number of imidazole rings is 1. The van der Waals surface area contributed by atoms with E-state index in [0.717, 1.165) is 42.1 Å². The number of amides is 2. The van der Waals surface area contributed by atoms with Crippen molar-refractivity contribution < 1.29 is 4.79 Å². The highest BCUT2D eigenvalue weighted by Gasteiger charge is 2.20. The van der Waals surface area contributed by atoms with Gasteiger partial charge < -0.3 is 20.5 Å². The molecular formula is C20H21N5O. The summed E-state index contributed by atoms with van der Waals surface area (Å²) >= 11 is 0. The number of rotatable bonds is 5. The van der Waals surface area contributed by atoms with E-state index in [0.29, 0.717) is 6.54 Å². The second kappa shape index (κ2) is 7.31. The summed E-state index contributed by atoms with van der Waals surface area (Å²) in [7, 11) is 0. The quantitative estimate of drug-likeness (QED) is 0.663. The second-order valence-corrected chi connectivity index (χ2v) is 6.37. The molecule has 0 bridgehead atoms. The van der Waals surface area contributed by atoms with Crippen LogP contribution in [0.1, 0.15) is 16.8 Å². The van der Waals surface area contributed by atoms with Crippen LogP contribution < -0.4 is 15.5 Å². The Kier molecular flexibility index (Phi) is 4.55. The molecule has 1 aromatic heterocycles. The van der Waals surface area contributed by atoms with E-state index in [9.17, 15) is 4.79 Å². The number of benzene rings is 2. The Bertz CT molecular complexity index is 876. The van der Waals surface area contributed by atoms with Gasteiger partial charge in [0.2, 0.25) is 0 Å². The average molecular weight is 347 g/mol. The average Bonchev–Trinajstić information content (AvgIpc) is 3.32. The molecule has 132 valence electrons. The third kappa shape index (κ3) is 3.69. The summed E-state index contributed by atoms with van der Waals surface area (Å²) in [4.78, 5) is 21.8. The number of urea groups is 1. The molecular weight excluding hydrogens is 326 g/mol. The highest BCUT2D eigenvalue weighted by molar-refractivity contribution is 5.90. The summed E-state index contributed by atoms with van der Waals surface area (Å²) in [6, 6.07) is 15.7. The van der Waals surface area contributed by atoms with E-state index in [1.54, 1.807) is 6.33 Å². The number of hydrogen-bond donors (Lipinski definition) is 3. The Balaban J connectivity index is 1.39. The molecule has 0 spiro atoms. The molecule has 0 aliphatic carbocycles. The van der Waals surface area contributed by atoms with Crippen molar-refractivity contribution in [1.29, 1.82) is 0 Å². The van der Waals surface area contributed by atoms with Gasteiger partial charge >= 0.3 is 6.03 Å². The Hall–Kier alpha value is -3.28. The molecule has 0 radical (unpaired) electrons. The van der Waals surface area contributed by atoms with Crippen LogP contribution in [0.4, 0.5) is 16.2 Å². The molecule has 4 rings (SSSR count). The van der Waals surface area contributed by atoms with Crippen LogP contribution in [0.2, 0.25) is 0 Å². The van der Waals surface area contributed by atoms with Gasteiger partial charge in [-0.2, -0.15) is 0 Å². The van der Waals surface area contributed by atoms with Crippen molar-refractivity contribution in [2.24, 2.45) is 0 Å². The summed E-state index contributed by atoms with van der Waals surface area (Å²) in [5.74, 6) is 0. The molecule has 2 heterocycles. The van der Waals surface area contributed by atoms with Gasteiger partial charge in [-0.3, -0.25) is 0 Å². The van der Waals surface area contributed by atoms with E-state index in [-0.39, 0.29) is 6.03 Å². The molecule has 0 unspecified atom stereocenters. The van der Waals surface area contributed by atoms with Crippen LogP contribution in [0.3, 0.4) is 0 Å². The first kappa shape index (κ1) is 16.2. The van der Waals surface area contributed by atoms with Crippen LogP contribution in [-0.2, 0) is 19.5 Å². The van der Waals surface area contributed by atoms with E-state index in [4.69, 9.17) is 0 Å². The van der Waals surface area contributed by atoms with Crippen LogP contribution in [0.15, 0.2) is 61.1 Å². The second-order valence-electron chi connectivity index (χ2n) is 6.37. The van der Waals surface area contributed by atoms with Crippen molar-refractivity contribution >= 4 is 17.4 Å². The molecule has 26 heavy (non-hydrogen) atoms. The monoisotopic (exact) mass is 347 g/mol. The predicted molar refractivity (Wildman–Crippen MR) is 102 cm³/mol. The maximum absolute atomic E-state index is 12.2. The number of anilines is 2. The summed E-state index contributed by atoms with van der Waals surface area (Å²) in [5.41, 5.74) is 5.34. The van der Waals surface area contributed by atoms with E-state index >= 15 is 0 Å². The van der Waals surface area contributed by atoms with Gasteiger partial charge in [0, 0.05) is 30.7 Å². The first-order chi connectivity index (χ1) is 12.8. The molecule has 3 aromatic rings. The smallest absolute Gasteiger partial charge is 0.319 e. The van der Waals surface area contributed by atoms with E-state index in [2.05, 4.69) is 31.6 Å². The van der Waals surface area contributed by atoms with Crippen molar-refractivity contribution in [3.05, 3.63) is 77.9 Å². The normalized spacial score (nSPS) is 12.7. The third-order valence-electron chi connectivity index (χ3n) is 4.54. The molecule has 0 fully saturated rings. The fraction of sp³-hybridized carbons (Fsp3) is 0.200. The zero-order valence-corrected chi connectivity index (χ0v) is 14.4. The highest BCUT2D eigenvalue weighted by atomic mass is 16.2. The van der Waals surface area contributed by atoms with Crippen molar-refractivity contribution in [3.8, 4) is 0 Å². The Morgan fingerprint density at radius 3 is 2.88 bits per heavy atom. The molecule has 1 aliphatic heterocycles. The van der Waals surface area contributed by atoms with Gasteiger partial charge in [-0.05, 0) is 29.7 Å². The van der Waals surface area contributed by atoms with Crippen molar-refractivity contribution in [3.63, 3.8) is 0 Å². The fourth-order valence-electron chi connectivity index (χ4n) is 3.21. The van der Waals surface area contributed by atoms with Gasteiger partial charge in [0.05, 0.1) is 18.6 Å². The highest BCUT2D eigenvalue weighted by Crippen LogP contribution is 2.31. The molecule has 2 amide bonds. The largest absolute Gasteiger partial charge is 0.365 e. The van der Waals surface area contributed by atoms with Gasteiger partial charge in [0.25, 0.3) is 0 Å². The summed E-state index contributed by atoms with van der Waals surface area (Å²) in [6.07, 6.45) is 4.62. The number of H-pyrrole nitrogens is 1. The number of carbonyl (C=O) groups is 1. The molecule has 0 saturated heterocycles.